The largest absolute Gasteiger partial charge is 0.314 e. The van der Waals surface area contributed by atoms with Gasteiger partial charge in [0.15, 0.2) is 0 Å². The normalized spacial score (nSPS) is 23.0. The lowest BCUT2D eigenvalue weighted by atomic mass is 9.98. The summed E-state index contributed by atoms with van der Waals surface area (Å²) in [6.07, 6.45) is 2.75. The Balaban J connectivity index is 1.85. The lowest BCUT2D eigenvalue weighted by Gasteiger charge is -2.35. The van der Waals surface area contributed by atoms with E-state index in [9.17, 15) is 0 Å². The fraction of sp³-hybridized carbons (Fsp3) is 0.600. The van der Waals surface area contributed by atoms with Gasteiger partial charge in [0.1, 0.15) is 0 Å². The van der Waals surface area contributed by atoms with E-state index in [0.29, 0.717) is 6.04 Å². The number of aryl methyl sites for hydroxylation is 1. The van der Waals surface area contributed by atoms with Crippen LogP contribution in [0.2, 0.25) is 5.02 Å². The van der Waals surface area contributed by atoms with Gasteiger partial charge in [-0.25, -0.2) is 0 Å². The quantitative estimate of drug-likeness (QED) is 0.903. The van der Waals surface area contributed by atoms with Crippen molar-refractivity contribution >= 4 is 11.6 Å². The number of benzene rings is 1. The third-order valence-electron chi connectivity index (χ3n) is 4.15. The van der Waals surface area contributed by atoms with Crippen LogP contribution in [0, 0.1) is 12.8 Å². The first kappa shape index (κ1) is 12.5. The number of hydrogen-bond acceptors (Lipinski definition) is 2. The van der Waals surface area contributed by atoms with Crippen molar-refractivity contribution in [2.45, 2.75) is 25.8 Å². The highest BCUT2D eigenvalue weighted by molar-refractivity contribution is 6.31. The first-order valence-electron chi connectivity index (χ1n) is 6.96. The van der Waals surface area contributed by atoms with Crippen LogP contribution in [0.1, 0.15) is 30.0 Å². The number of nitrogens with zero attached hydrogens (tertiary/aromatic N) is 1. The summed E-state index contributed by atoms with van der Waals surface area (Å²) < 4.78 is 0. The predicted octanol–water partition coefficient (Wildman–Crippen LogP) is 3.00. The van der Waals surface area contributed by atoms with Crippen LogP contribution in [0.5, 0.6) is 0 Å². The van der Waals surface area contributed by atoms with Gasteiger partial charge in [0, 0.05) is 37.2 Å². The third kappa shape index (κ3) is 2.56. The molecule has 1 saturated heterocycles. The van der Waals surface area contributed by atoms with E-state index in [1.54, 1.807) is 0 Å². The average Bonchev–Trinajstić information content (AvgIpc) is 3.20. The minimum Gasteiger partial charge on any atom is -0.314 e. The fourth-order valence-corrected chi connectivity index (χ4v) is 3.14. The zero-order chi connectivity index (χ0) is 12.5. The molecule has 0 spiro atoms. The van der Waals surface area contributed by atoms with Gasteiger partial charge < -0.3 is 5.32 Å². The maximum Gasteiger partial charge on any atom is 0.0438 e. The van der Waals surface area contributed by atoms with Crippen molar-refractivity contribution in [3.05, 3.63) is 34.3 Å². The molecule has 1 atom stereocenters. The highest BCUT2D eigenvalue weighted by atomic mass is 35.5. The molecule has 2 fully saturated rings. The lowest BCUT2D eigenvalue weighted by molar-refractivity contribution is 0.156. The van der Waals surface area contributed by atoms with Crippen LogP contribution in [0.3, 0.4) is 0 Å². The van der Waals surface area contributed by atoms with Crippen molar-refractivity contribution in [3.8, 4) is 0 Å². The van der Waals surface area contributed by atoms with Crippen LogP contribution in [0.4, 0.5) is 0 Å². The second-order valence-electron chi connectivity index (χ2n) is 5.58. The molecular formula is C15H21ClN2. The van der Waals surface area contributed by atoms with Crippen LogP contribution in [-0.2, 0) is 0 Å². The van der Waals surface area contributed by atoms with Gasteiger partial charge in [0.25, 0.3) is 0 Å². The monoisotopic (exact) mass is 264 g/mol. The highest BCUT2D eigenvalue weighted by Crippen LogP contribution is 2.45. The second kappa shape index (κ2) is 5.20. The minimum atomic E-state index is 0.588. The van der Waals surface area contributed by atoms with Crippen molar-refractivity contribution in [2.75, 3.05) is 26.2 Å². The number of hydrogen-bond donors (Lipinski definition) is 1. The van der Waals surface area contributed by atoms with Gasteiger partial charge in [-0.15, -0.1) is 0 Å². The molecule has 0 radical (unpaired) electrons. The Kier molecular flexibility index (Phi) is 3.60. The summed E-state index contributed by atoms with van der Waals surface area (Å²) in [7, 11) is 0. The molecule has 1 N–H and O–H groups in total. The van der Waals surface area contributed by atoms with Gasteiger partial charge in [0.05, 0.1) is 0 Å². The minimum absolute atomic E-state index is 0.588. The van der Waals surface area contributed by atoms with E-state index in [4.69, 9.17) is 11.6 Å². The molecule has 0 aromatic heterocycles. The molecule has 1 saturated carbocycles. The molecule has 18 heavy (non-hydrogen) atoms. The maximum atomic E-state index is 6.29. The number of piperazine rings is 1. The number of nitrogens with one attached hydrogen (secondary N) is 1. The van der Waals surface area contributed by atoms with Crippen LogP contribution < -0.4 is 5.32 Å². The molecule has 0 bridgehead atoms. The molecular weight excluding hydrogens is 244 g/mol. The molecule has 2 nitrogen and oxygen atoms in total. The smallest absolute Gasteiger partial charge is 0.0438 e. The van der Waals surface area contributed by atoms with E-state index in [0.717, 1.165) is 37.1 Å². The predicted molar refractivity (Wildman–Crippen MR) is 76.1 cm³/mol. The summed E-state index contributed by atoms with van der Waals surface area (Å²) in [5.74, 6) is 0.849. The summed E-state index contributed by atoms with van der Waals surface area (Å²) in [6.45, 7) is 6.62. The van der Waals surface area contributed by atoms with Gasteiger partial charge >= 0.3 is 0 Å². The van der Waals surface area contributed by atoms with Crippen molar-refractivity contribution < 1.29 is 0 Å². The van der Waals surface area contributed by atoms with Crippen LogP contribution in [0.15, 0.2) is 18.2 Å². The van der Waals surface area contributed by atoms with E-state index in [2.05, 4.69) is 35.3 Å². The Hall–Kier alpha value is -0.570. The van der Waals surface area contributed by atoms with Gasteiger partial charge in [-0.1, -0.05) is 23.7 Å². The van der Waals surface area contributed by atoms with Gasteiger partial charge in [0.2, 0.25) is 0 Å². The van der Waals surface area contributed by atoms with Crippen LogP contribution in [0.25, 0.3) is 0 Å². The molecule has 1 aromatic carbocycles. The fourth-order valence-electron chi connectivity index (χ4n) is 2.95. The van der Waals surface area contributed by atoms with E-state index in [1.807, 2.05) is 0 Å². The lowest BCUT2D eigenvalue weighted by Crippen LogP contribution is -2.45. The SMILES string of the molecule is Cc1ccc([C@H](C2CC2)N2CCNCC2)cc1Cl. The van der Waals surface area contributed by atoms with Gasteiger partial charge in [-0.2, -0.15) is 0 Å². The van der Waals surface area contributed by atoms with Crippen molar-refractivity contribution in [3.63, 3.8) is 0 Å². The Morgan fingerprint density at radius 1 is 1.28 bits per heavy atom. The Morgan fingerprint density at radius 2 is 2.00 bits per heavy atom. The first-order chi connectivity index (χ1) is 8.75. The Bertz CT molecular complexity index is 423. The maximum absolute atomic E-state index is 6.29. The highest BCUT2D eigenvalue weighted by Gasteiger charge is 2.36. The number of rotatable bonds is 3. The van der Waals surface area contributed by atoms with Crippen LogP contribution in [-0.4, -0.2) is 31.1 Å². The molecule has 1 aromatic rings. The van der Waals surface area contributed by atoms with E-state index in [-0.39, 0.29) is 0 Å². The standard InChI is InChI=1S/C15H21ClN2/c1-11-2-3-13(10-14(11)16)15(12-4-5-12)18-8-6-17-7-9-18/h2-3,10,12,15,17H,4-9H2,1H3/t15-/m0/s1. The Labute approximate surface area is 114 Å². The summed E-state index contributed by atoms with van der Waals surface area (Å²) in [5, 5.41) is 4.34. The molecule has 3 rings (SSSR count). The molecule has 0 unspecified atom stereocenters. The average molecular weight is 265 g/mol. The Morgan fingerprint density at radius 3 is 2.61 bits per heavy atom. The molecule has 1 aliphatic heterocycles. The van der Waals surface area contributed by atoms with Gasteiger partial charge in [-0.3, -0.25) is 4.90 Å². The van der Waals surface area contributed by atoms with E-state index in [1.165, 1.54) is 24.0 Å². The summed E-state index contributed by atoms with van der Waals surface area (Å²) in [6, 6.07) is 7.20. The van der Waals surface area contributed by atoms with Gasteiger partial charge in [-0.05, 0) is 42.9 Å². The van der Waals surface area contributed by atoms with Crippen LogP contribution >= 0.6 is 11.6 Å². The summed E-state index contributed by atoms with van der Waals surface area (Å²) >= 11 is 6.29. The van der Waals surface area contributed by atoms with E-state index < -0.39 is 0 Å². The molecule has 1 heterocycles. The zero-order valence-corrected chi connectivity index (χ0v) is 11.7. The molecule has 1 aliphatic carbocycles. The molecule has 98 valence electrons. The summed E-state index contributed by atoms with van der Waals surface area (Å²) in [4.78, 5) is 2.63. The molecule has 0 amide bonds. The summed E-state index contributed by atoms with van der Waals surface area (Å²) in [5.41, 5.74) is 2.59. The third-order valence-corrected chi connectivity index (χ3v) is 4.56. The van der Waals surface area contributed by atoms with Crippen molar-refractivity contribution in [2.24, 2.45) is 5.92 Å². The number of halogens is 1. The van der Waals surface area contributed by atoms with Crippen molar-refractivity contribution in [1.82, 2.24) is 10.2 Å². The first-order valence-corrected chi connectivity index (χ1v) is 7.34. The molecule has 3 heteroatoms. The topological polar surface area (TPSA) is 15.3 Å². The van der Waals surface area contributed by atoms with Crippen molar-refractivity contribution in [1.29, 1.82) is 0 Å². The van der Waals surface area contributed by atoms with E-state index >= 15 is 0 Å². The molecule has 2 aliphatic rings. The zero-order valence-electron chi connectivity index (χ0n) is 11.0. The second-order valence-corrected chi connectivity index (χ2v) is 5.98.